The van der Waals surface area contributed by atoms with E-state index >= 15 is 0 Å². The zero-order valence-electron chi connectivity index (χ0n) is 11.4. The highest BCUT2D eigenvalue weighted by atomic mass is 16.5. The van der Waals surface area contributed by atoms with Crippen LogP contribution in [0.2, 0.25) is 0 Å². The number of carbonyl (C=O) groups excluding carboxylic acids is 1. The van der Waals surface area contributed by atoms with E-state index < -0.39 is 5.97 Å². The van der Waals surface area contributed by atoms with Crippen LogP contribution in [0, 0.1) is 11.3 Å². The van der Waals surface area contributed by atoms with Gasteiger partial charge in [0, 0.05) is 19.1 Å². The maximum Gasteiger partial charge on any atom is 0.345 e. The van der Waals surface area contributed by atoms with Crippen molar-refractivity contribution in [2.45, 2.75) is 25.4 Å². The molecule has 1 unspecified atom stereocenters. The topological polar surface area (TPSA) is 123 Å². The van der Waals surface area contributed by atoms with Crippen LogP contribution in [0.3, 0.4) is 0 Å². The summed E-state index contributed by atoms with van der Waals surface area (Å²) in [6.07, 6.45) is 1.11. The van der Waals surface area contributed by atoms with Gasteiger partial charge in [0.05, 0.1) is 26.1 Å². The maximum absolute atomic E-state index is 11.9. The van der Waals surface area contributed by atoms with E-state index in [2.05, 4.69) is 5.10 Å². The van der Waals surface area contributed by atoms with Crippen molar-refractivity contribution in [1.82, 2.24) is 9.78 Å². The van der Waals surface area contributed by atoms with Gasteiger partial charge >= 0.3 is 5.97 Å². The Morgan fingerprint density at radius 3 is 2.95 bits per heavy atom. The number of methoxy groups -OCH3 is 1. The van der Waals surface area contributed by atoms with Crippen LogP contribution in [0.25, 0.3) is 0 Å². The van der Waals surface area contributed by atoms with Gasteiger partial charge in [-0.3, -0.25) is 0 Å². The van der Waals surface area contributed by atoms with Crippen LogP contribution in [0.1, 0.15) is 23.2 Å². The van der Waals surface area contributed by atoms with Gasteiger partial charge in [-0.2, -0.15) is 10.4 Å². The Kier molecular flexibility index (Phi) is 4.10. The highest BCUT2D eigenvalue weighted by molar-refractivity contribution is 5.99. The van der Waals surface area contributed by atoms with Crippen LogP contribution >= 0.6 is 0 Å². The molecule has 2 rings (SSSR count). The molecule has 4 N–H and O–H groups in total. The molecule has 1 aliphatic rings. The van der Waals surface area contributed by atoms with Crippen molar-refractivity contribution in [3.8, 4) is 6.07 Å². The molecular weight excluding hydrogens is 260 g/mol. The van der Waals surface area contributed by atoms with E-state index in [1.54, 1.807) is 0 Å². The molecule has 1 aromatic rings. The highest BCUT2D eigenvalue weighted by Gasteiger charge is 2.30. The number of nitrogen functional groups attached to an aromatic ring is 1. The predicted molar refractivity (Wildman–Crippen MR) is 73.0 cm³/mol. The van der Waals surface area contributed by atoms with Gasteiger partial charge in [-0.25, -0.2) is 9.48 Å². The Morgan fingerprint density at radius 1 is 1.65 bits per heavy atom. The van der Waals surface area contributed by atoms with E-state index in [1.165, 1.54) is 11.8 Å². The van der Waals surface area contributed by atoms with Gasteiger partial charge in [0.2, 0.25) is 0 Å². The van der Waals surface area contributed by atoms with Crippen LogP contribution < -0.4 is 16.4 Å². The quantitative estimate of drug-likeness (QED) is 0.725. The van der Waals surface area contributed by atoms with Crippen LogP contribution in [-0.2, 0) is 11.3 Å². The van der Waals surface area contributed by atoms with E-state index in [0.29, 0.717) is 18.9 Å². The number of hydrogen-bond acceptors (Lipinski definition) is 7. The van der Waals surface area contributed by atoms with E-state index in [4.69, 9.17) is 21.5 Å². The Hall–Kier alpha value is -2.27. The summed E-state index contributed by atoms with van der Waals surface area (Å²) in [5, 5.41) is 13.0. The second-order valence-corrected chi connectivity index (χ2v) is 4.70. The summed E-state index contributed by atoms with van der Waals surface area (Å²) in [5.74, 6) is 0.184. The monoisotopic (exact) mass is 278 g/mol. The van der Waals surface area contributed by atoms with Gasteiger partial charge in [-0.15, -0.1) is 0 Å². The van der Waals surface area contributed by atoms with Crippen molar-refractivity contribution in [2.75, 3.05) is 30.8 Å². The van der Waals surface area contributed by atoms with Crippen LogP contribution in [0.5, 0.6) is 0 Å². The minimum absolute atomic E-state index is 0.0611. The minimum Gasteiger partial charge on any atom is -0.465 e. The molecule has 1 saturated heterocycles. The van der Waals surface area contributed by atoms with Crippen molar-refractivity contribution in [2.24, 2.45) is 5.73 Å². The van der Waals surface area contributed by atoms with Gasteiger partial charge in [-0.05, 0) is 6.42 Å². The maximum atomic E-state index is 11.9. The lowest BCUT2D eigenvalue weighted by atomic mass is 10.3. The number of aryl methyl sites for hydroxylation is 1. The average molecular weight is 278 g/mol. The number of rotatable bonds is 4. The van der Waals surface area contributed by atoms with E-state index in [1.807, 2.05) is 11.0 Å². The molecule has 0 amide bonds. The summed E-state index contributed by atoms with van der Waals surface area (Å²) < 4.78 is 6.23. The first-order valence-electron chi connectivity index (χ1n) is 6.40. The molecule has 0 radical (unpaired) electrons. The predicted octanol–water partition coefficient (Wildman–Crippen LogP) is -0.297. The largest absolute Gasteiger partial charge is 0.465 e. The molecule has 0 aliphatic carbocycles. The molecule has 8 heteroatoms. The molecule has 0 saturated carbocycles. The fourth-order valence-corrected chi connectivity index (χ4v) is 2.29. The minimum atomic E-state index is -0.527. The summed E-state index contributed by atoms with van der Waals surface area (Å²) in [7, 11) is 1.30. The summed E-state index contributed by atoms with van der Waals surface area (Å²) >= 11 is 0. The molecular formula is C12H18N6O2. The summed E-state index contributed by atoms with van der Waals surface area (Å²) in [5.41, 5.74) is 12.1. The van der Waals surface area contributed by atoms with E-state index in [9.17, 15) is 4.79 Å². The molecule has 108 valence electrons. The molecule has 1 aromatic heterocycles. The van der Waals surface area contributed by atoms with Gasteiger partial charge in [-0.1, -0.05) is 0 Å². The summed E-state index contributed by atoms with van der Waals surface area (Å²) in [4.78, 5) is 13.8. The first-order chi connectivity index (χ1) is 9.58. The molecule has 20 heavy (non-hydrogen) atoms. The molecule has 0 aromatic carbocycles. The van der Waals surface area contributed by atoms with E-state index in [-0.39, 0.29) is 23.8 Å². The number of esters is 1. The van der Waals surface area contributed by atoms with Crippen molar-refractivity contribution >= 4 is 17.6 Å². The fourth-order valence-electron chi connectivity index (χ4n) is 2.29. The summed E-state index contributed by atoms with van der Waals surface area (Å²) in [6.45, 7) is 1.69. The number of aromatic nitrogens is 2. The third-order valence-electron chi connectivity index (χ3n) is 3.32. The van der Waals surface area contributed by atoms with Gasteiger partial charge in [0.15, 0.2) is 5.82 Å². The number of nitrogens with zero attached hydrogens (tertiary/aromatic N) is 4. The Balaban J connectivity index is 2.38. The van der Waals surface area contributed by atoms with Crippen molar-refractivity contribution in [3.05, 3.63) is 5.56 Å². The average Bonchev–Trinajstić information content (AvgIpc) is 3.00. The third-order valence-corrected chi connectivity index (χ3v) is 3.32. The highest BCUT2D eigenvalue weighted by Crippen LogP contribution is 2.28. The number of hydrogen-bond donors (Lipinski definition) is 2. The van der Waals surface area contributed by atoms with Crippen molar-refractivity contribution in [1.29, 1.82) is 5.26 Å². The lowest BCUT2D eigenvalue weighted by molar-refractivity contribution is 0.0602. The molecule has 1 aliphatic heterocycles. The second kappa shape index (κ2) is 5.79. The molecule has 0 spiro atoms. The first kappa shape index (κ1) is 14.1. The normalized spacial score (nSPS) is 18.1. The summed E-state index contributed by atoms with van der Waals surface area (Å²) in [6, 6.07) is 2.09. The number of nitriles is 1. The Bertz CT molecular complexity index is 547. The number of anilines is 2. The van der Waals surface area contributed by atoms with Crippen LogP contribution in [-0.4, -0.2) is 42.0 Å². The Morgan fingerprint density at radius 2 is 2.40 bits per heavy atom. The zero-order valence-corrected chi connectivity index (χ0v) is 11.4. The molecule has 2 heterocycles. The second-order valence-electron chi connectivity index (χ2n) is 4.70. The van der Waals surface area contributed by atoms with Crippen molar-refractivity contribution in [3.63, 3.8) is 0 Å². The van der Waals surface area contributed by atoms with Crippen molar-refractivity contribution < 1.29 is 9.53 Å². The smallest absolute Gasteiger partial charge is 0.345 e. The Labute approximate surface area is 116 Å². The zero-order chi connectivity index (χ0) is 14.7. The third kappa shape index (κ3) is 2.53. The SMILES string of the molecule is COC(=O)c1c(N2CCC(N)C2)nn(CCC#N)c1N. The van der Waals surface area contributed by atoms with Gasteiger partial charge < -0.3 is 21.1 Å². The van der Waals surface area contributed by atoms with Crippen LogP contribution in [0.4, 0.5) is 11.6 Å². The standard InChI is InChI=1S/C12H18N6O2/c1-20-12(19)9-10(15)18(5-2-4-13)16-11(9)17-6-3-8(14)7-17/h8H,2-3,5-7,14-15H2,1H3. The van der Waals surface area contributed by atoms with E-state index in [0.717, 1.165) is 13.0 Å². The number of ether oxygens (including phenoxy) is 1. The van der Waals surface area contributed by atoms with Gasteiger partial charge in [0.25, 0.3) is 0 Å². The molecule has 8 nitrogen and oxygen atoms in total. The number of nitrogens with two attached hydrogens (primary N) is 2. The lowest BCUT2D eigenvalue weighted by Gasteiger charge is -2.15. The first-order valence-corrected chi connectivity index (χ1v) is 6.40. The molecule has 0 bridgehead atoms. The van der Waals surface area contributed by atoms with Crippen LogP contribution in [0.15, 0.2) is 0 Å². The van der Waals surface area contributed by atoms with Gasteiger partial charge in [0.1, 0.15) is 11.4 Å². The lowest BCUT2D eigenvalue weighted by Crippen LogP contribution is -2.27. The molecule has 1 fully saturated rings. The number of carbonyl (C=O) groups is 1. The molecule has 1 atom stereocenters. The fraction of sp³-hybridized carbons (Fsp3) is 0.583.